The average Bonchev–Trinajstić information content (AvgIpc) is 3.31. The Kier molecular flexibility index (Phi) is 4.24. The van der Waals surface area contributed by atoms with Gasteiger partial charge in [0.15, 0.2) is 5.82 Å². The maximum absolute atomic E-state index is 13.2. The summed E-state index contributed by atoms with van der Waals surface area (Å²) in [7, 11) is 0. The molecule has 2 aromatic carbocycles. The second kappa shape index (κ2) is 6.71. The van der Waals surface area contributed by atoms with Crippen LogP contribution in [0, 0.1) is 12.7 Å². The van der Waals surface area contributed by atoms with E-state index in [0.717, 1.165) is 24.0 Å². The molecule has 1 aromatic heterocycles. The molecule has 5 nitrogen and oxygen atoms in total. The third-order valence-electron chi connectivity index (χ3n) is 4.67. The monoisotopic (exact) mass is 351 g/mol. The summed E-state index contributed by atoms with van der Waals surface area (Å²) in [5.41, 5.74) is 2.35. The number of rotatable bonds is 3. The molecule has 3 aromatic rings. The normalized spacial score (nSPS) is 16.8. The molecule has 6 heteroatoms. The number of hydrogen-bond donors (Lipinski definition) is 0. The van der Waals surface area contributed by atoms with Crippen LogP contribution in [0.1, 0.15) is 40.6 Å². The van der Waals surface area contributed by atoms with Crippen LogP contribution in [0.25, 0.3) is 11.5 Å². The van der Waals surface area contributed by atoms with Gasteiger partial charge in [-0.2, -0.15) is 4.98 Å². The Bertz CT molecular complexity index is 919. The number of halogens is 1. The van der Waals surface area contributed by atoms with Crippen LogP contribution in [-0.2, 0) is 0 Å². The van der Waals surface area contributed by atoms with Gasteiger partial charge in [-0.25, -0.2) is 4.39 Å². The first-order valence-corrected chi connectivity index (χ1v) is 8.59. The Morgan fingerprint density at radius 2 is 1.88 bits per heavy atom. The van der Waals surface area contributed by atoms with Crippen LogP contribution in [0.3, 0.4) is 0 Å². The van der Waals surface area contributed by atoms with Gasteiger partial charge in [0.05, 0.1) is 6.04 Å². The van der Waals surface area contributed by atoms with Crippen molar-refractivity contribution in [1.29, 1.82) is 0 Å². The topological polar surface area (TPSA) is 59.2 Å². The van der Waals surface area contributed by atoms with E-state index in [1.54, 1.807) is 31.2 Å². The molecule has 1 aliphatic rings. The van der Waals surface area contributed by atoms with Gasteiger partial charge >= 0.3 is 0 Å². The van der Waals surface area contributed by atoms with Crippen molar-refractivity contribution in [2.75, 3.05) is 6.54 Å². The highest BCUT2D eigenvalue weighted by Gasteiger charge is 2.30. The number of amides is 1. The summed E-state index contributed by atoms with van der Waals surface area (Å²) in [4.78, 5) is 19.0. The van der Waals surface area contributed by atoms with Crippen molar-refractivity contribution >= 4 is 5.91 Å². The molecular weight excluding hydrogens is 333 g/mol. The highest BCUT2D eigenvalue weighted by atomic mass is 19.1. The first kappa shape index (κ1) is 16.4. The molecule has 1 saturated heterocycles. The van der Waals surface area contributed by atoms with Gasteiger partial charge in [-0.05, 0) is 61.7 Å². The standard InChI is InChI=1S/C20H18FN3O2/c1-13-22-19(26-23-13)15-4-6-16(7-5-15)20(25)24-12-2-3-18(24)14-8-10-17(21)11-9-14/h4-11,18H,2-3,12H2,1H3. The summed E-state index contributed by atoms with van der Waals surface area (Å²) < 4.78 is 18.3. The summed E-state index contributed by atoms with van der Waals surface area (Å²) in [5.74, 6) is 0.716. The van der Waals surface area contributed by atoms with E-state index in [1.807, 2.05) is 17.0 Å². The lowest BCUT2D eigenvalue weighted by atomic mass is 10.0. The van der Waals surface area contributed by atoms with Gasteiger partial charge in [-0.3, -0.25) is 4.79 Å². The Morgan fingerprint density at radius 1 is 1.15 bits per heavy atom. The zero-order chi connectivity index (χ0) is 18.1. The third-order valence-corrected chi connectivity index (χ3v) is 4.67. The molecule has 132 valence electrons. The minimum absolute atomic E-state index is 0.0126. The van der Waals surface area contributed by atoms with E-state index in [1.165, 1.54) is 12.1 Å². The fourth-order valence-electron chi connectivity index (χ4n) is 3.38. The van der Waals surface area contributed by atoms with Crippen LogP contribution in [0.2, 0.25) is 0 Å². The van der Waals surface area contributed by atoms with E-state index in [-0.39, 0.29) is 17.8 Å². The molecule has 26 heavy (non-hydrogen) atoms. The van der Waals surface area contributed by atoms with Crippen molar-refractivity contribution in [2.24, 2.45) is 0 Å². The number of benzene rings is 2. The molecule has 2 heterocycles. The molecule has 0 aliphatic carbocycles. The predicted octanol–water partition coefficient (Wildman–Crippen LogP) is 4.16. The lowest BCUT2D eigenvalue weighted by molar-refractivity contribution is 0.0735. The van der Waals surface area contributed by atoms with Crippen LogP contribution in [-0.4, -0.2) is 27.5 Å². The summed E-state index contributed by atoms with van der Waals surface area (Å²) in [6.45, 7) is 2.46. The van der Waals surface area contributed by atoms with Crippen molar-refractivity contribution in [3.63, 3.8) is 0 Å². The highest BCUT2D eigenvalue weighted by Crippen LogP contribution is 2.33. The fraction of sp³-hybridized carbons (Fsp3) is 0.250. The second-order valence-corrected chi connectivity index (χ2v) is 6.43. The third kappa shape index (κ3) is 3.10. The summed E-state index contributed by atoms with van der Waals surface area (Å²) in [6, 6.07) is 13.6. The molecule has 1 fully saturated rings. The van der Waals surface area contributed by atoms with E-state index in [4.69, 9.17) is 4.52 Å². The predicted molar refractivity (Wildman–Crippen MR) is 93.9 cm³/mol. The fourth-order valence-corrected chi connectivity index (χ4v) is 3.38. The molecular formula is C20H18FN3O2. The zero-order valence-corrected chi connectivity index (χ0v) is 14.4. The van der Waals surface area contributed by atoms with E-state index in [0.29, 0.717) is 23.8 Å². The Morgan fingerprint density at radius 3 is 2.54 bits per heavy atom. The number of nitrogens with zero attached hydrogens (tertiary/aromatic N) is 3. The SMILES string of the molecule is Cc1noc(-c2ccc(C(=O)N3CCCC3c3ccc(F)cc3)cc2)n1. The minimum Gasteiger partial charge on any atom is -0.334 e. The summed E-state index contributed by atoms with van der Waals surface area (Å²) >= 11 is 0. The molecule has 0 radical (unpaired) electrons. The maximum Gasteiger partial charge on any atom is 0.257 e. The number of likely N-dealkylation sites (tertiary alicyclic amines) is 1. The van der Waals surface area contributed by atoms with Gasteiger partial charge < -0.3 is 9.42 Å². The first-order chi connectivity index (χ1) is 12.6. The lowest BCUT2D eigenvalue weighted by Gasteiger charge is -2.25. The second-order valence-electron chi connectivity index (χ2n) is 6.43. The molecule has 4 rings (SSSR count). The van der Waals surface area contributed by atoms with Gasteiger partial charge in [0.1, 0.15) is 5.82 Å². The van der Waals surface area contributed by atoms with Crippen molar-refractivity contribution in [3.8, 4) is 11.5 Å². The summed E-state index contributed by atoms with van der Waals surface area (Å²) in [6.07, 6.45) is 1.82. The van der Waals surface area contributed by atoms with Crippen molar-refractivity contribution < 1.29 is 13.7 Å². The number of carbonyl (C=O) groups excluding carboxylic acids is 1. The molecule has 0 spiro atoms. The van der Waals surface area contributed by atoms with Gasteiger partial charge in [0.2, 0.25) is 0 Å². The van der Waals surface area contributed by atoms with Crippen LogP contribution >= 0.6 is 0 Å². The number of aromatic nitrogens is 2. The molecule has 1 amide bonds. The van der Waals surface area contributed by atoms with Crippen molar-refractivity contribution in [2.45, 2.75) is 25.8 Å². The molecule has 1 atom stereocenters. The largest absolute Gasteiger partial charge is 0.334 e. The molecule has 1 aliphatic heterocycles. The molecule has 1 unspecified atom stereocenters. The highest BCUT2D eigenvalue weighted by molar-refractivity contribution is 5.95. The van der Waals surface area contributed by atoms with E-state index in [9.17, 15) is 9.18 Å². The number of aryl methyl sites for hydroxylation is 1. The smallest absolute Gasteiger partial charge is 0.257 e. The van der Waals surface area contributed by atoms with Crippen LogP contribution < -0.4 is 0 Å². The lowest BCUT2D eigenvalue weighted by Crippen LogP contribution is -2.30. The molecule has 0 N–H and O–H groups in total. The zero-order valence-electron chi connectivity index (χ0n) is 14.4. The van der Waals surface area contributed by atoms with Crippen molar-refractivity contribution in [3.05, 3.63) is 71.3 Å². The Labute approximate surface area is 150 Å². The number of carbonyl (C=O) groups is 1. The van der Waals surface area contributed by atoms with Crippen molar-refractivity contribution in [1.82, 2.24) is 15.0 Å². The van der Waals surface area contributed by atoms with Gasteiger partial charge in [0.25, 0.3) is 11.8 Å². The Balaban J connectivity index is 1.55. The molecule has 0 saturated carbocycles. The van der Waals surface area contributed by atoms with E-state index < -0.39 is 0 Å². The van der Waals surface area contributed by atoms with Gasteiger partial charge in [-0.1, -0.05) is 17.3 Å². The quantitative estimate of drug-likeness (QED) is 0.711. The number of hydrogen-bond acceptors (Lipinski definition) is 4. The first-order valence-electron chi connectivity index (χ1n) is 8.59. The van der Waals surface area contributed by atoms with E-state index >= 15 is 0 Å². The Hall–Kier alpha value is -3.02. The van der Waals surface area contributed by atoms with Gasteiger partial charge in [0, 0.05) is 17.7 Å². The summed E-state index contributed by atoms with van der Waals surface area (Å²) in [5, 5.41) is 3.78. The average molecular weight is 351 g/mol. The minimum atomic E-state index is -0.267. The van der Waals surface area contributed by atoms with Crippen LogP contribution in [0.4, 0.5) is 4.39 Å². The molecule has 0 bridgehead atoms. The van der Waals surface area contributed by atoms with Gasteiger partial charge in [-0.15, -0.1) is 0 Å². The van der Waals surface area contributed by atoms with E-state index in [2.05, 4.69) is 10.1 Å². The van der Waals surface area contributed by atoms with Crippen LogP contribution in [0.15, 0.2) is 53.1 Å². The van der Waals surface area contributed by atoms with Crippen LogP contribution in [0.5, 0.6) is 0 Å². The maximum atomic E-state index is 13.2.